The predicted octanol–water partition coefficient (Wildman–Crippen LogP) is 2.70. The second-order valence-corrected chi connectivity index (χ2v) is 4.69. The van der Waals surface area contributed by atoms with Crippen LogP contribution >= 0.6 is 0 Å². The molecule has 0 aliphatic carbocycles. The van der Waals surface area contributed by atoms with Gasteiger partial charge < -0.3 is 5.32 Å². The van der Waals surface area contributed by atoms with Gasteiger partial charge in [-0.3, -0.25) is 0 Å². The van der Waals surface area contributed by atoms with E-state index in [9.17, 15) is 4.39 Å². The molecule has 106 valence electrons. The van der Waals surface area contributed by atoms with Gasteiger partial charge in [0.2, 0.25) is 0 Å². The second kappa shape index (κ2) is 6.28. The molecule has 0 radical (unpaired) electrons. The van der Waals surface area contributed by atoms with Crippen molar-refractivity contribution in [1.82, 2.24) is 20.3 Å². The van der Waals surface area contributed by atoms with Crippen LogP contribution < -0.4 is 5.32 Å². The van der Waals surface area contributed by atoms with Crippen LogP contribution in [0.15, 0.2) is 60.8 Å². The Morgan fingerprint density at radius 1 is 0.952 bits per heavy atom. The lowest BCUT2D eigenvalue weighted by Crippen LogP contribution is -2.13. The SMILES string of the molecule is Fc1ccc(CNCc2cnn(-c3ccccc3)n2)cc1. The average molecular weight is 282 g/mol. The van der Waals surface area contributed by atoms with Crippen molar-refractivity contribution in [1.29, 1.82) is 0 Å². The molecule has 0 aliphatic heterocycles. The Morgan fingerprint density at radius 3 is 2.48 bits per heavy atom. The van der Waals surface area contributed by atoms with Crippen LogP contribution in [0.2, 0.25) is 0 Å². The molecular weight excluding hydrogens is 267 g/mol. The normalized spacial score (nSPS) is 10.7. The highest BCUT2D eigenvalue weighted by molar-refractivity contribution is 5.28. The maximum absolute atomic E-state index is 12.8. The van der Waals surface area contributed by atoms with Gasteiger partial charge in [-0.2, -0.15) is 15.0 Å². The standard InChI is InChI=1S/C16H15FN4/c17-14-8-6-13(7-9-14)10-18-11-15-12-19-21(20-15)16-4-2-1-3-5-16/h1-9,12,18H,10-11H2. The summed E-state index contributed by atoms with van der Waals surface area (Å²) in [4.78, 5) is 1.61. The first-order valence-electron chi connectivity index (χ1n) is 6.73. The fraction of sp³-hybridized carbons (Fsp3) is 0.125. The summed E-state index contributed by atoms with van der Waals surface area (Å²) in [7, 11) is 0. The maximum atomic E-state index is 12.8. The van der Waals surface area contributed by atoms with Crippen molar-refractivity contribution in [2.24, 2.45) is 0 Å². The summed E-state index contributed by atoms with van der Waals surface area (Å²) in [6, 6.07) is 16.2. The van der Waals surface area contributed by atoms with Gasteiger partial charge in [-0.15, -0.1) is 0 Å². The first kappa shape index (κ1) is 13.5. The van der Waals surface area contributed by atoms with E-state index in [1.165, 1.54) is 12.1 Å². The Bertz CT molecular complexity index is 692. The van der Waals surface area contributed by atoms with Gasteiger partial charge >= 0.3 is 0 Å². The highest BCUT2D eigenvalue weighted by atomic mass is 19.1. The monoisotopic (exact) mass is 282 g/mol. The molecule has 1 N–H and O–H groups in total. The third-order valence-electron chi connectivity index (χ3n) is 3.07. The molecule has 0 saturated carbocycles. The van der Waals surface area contributed by atoms with Crippen LogP contribution in [0.1, 0.15) is 11.3 Å². The number of halogens is 1. The van der Waals surface area contributed by atoms with E-state index in [2.05, 4.69) is 15.5 Å². The third-order valence-corrected chi connectivity index (χ3v) is 3.07. The number of hydrogen-bond acceptors (Lipinski definition) is 3. The molecule has 0 aliphatic rings. The number of nitrogens with one attached hydrogen (secondary N) is 1. The van der Waals surface area contributed by atoms with Gasteiger partial charge in [0.1, 0.15) is 5.82 Å². The van der Waals surface area contributed by atoms with E-state index in [1.54, 1.807) is 23.1 Å². The molecule has 1 aromatic heterocycles. The van der Waals surface area contributed by atoms with Crippen molar-refractivity contribution in [2.45, 2.75) is 13.1 Å². The van der Waals surface area contributed by atoms with Gasteiger partial charge in [0.05, 0.1) is 17.6 Å². The van der Waals surface area contributed by atoms with Crippen LogP contribution in [0, 0.1) is 5.82 Å². The minimum atomic E-state index is -0.218. The van der Waals surface area contributed by atoms with Crippen molar-refractivity contribution in [3.8, 4) is 5.69 Å². The predicted molar refractivity (Wildman–Crippen MR) is 78.3 cm³/mol. The zero-order chi connectivity index (χ0) is 14.5. The lowest BCUT2D eigenvalue weighted by Gasteiger charge is -2.02. The van der Waals surface area contributed by atoms with Crippen LogP contribution in [0.25, 0.3) is 5.69 Å². The number of nitrogens with zero attached hydrogens (tertiary/aromatic N) is 3. The van der Waals surface area contributed by atoms with Crippen LogP contribution in [-0.4, -0.2) is 15.0 Å². The van der Waals surface area contributed by atoms with Crippen molar-refractivity contribution in [2.75, 3.05) is 0 Å². The molecule has 0 amide bonds. The molecule has 3 aromatic rings. The van der Waals surface area contributed by atoms with E-state index < -0.39 is 0 Å². The molecular formula is C16H15FN4. The molecule has 3 rings (SSSR count). The van der Waals surface area contributed by atoms with Crippen molar-refractivity contribution >= 4 is 0 Å². The van der Waals surface area contributed by atoms with Crippen LogP contribution in [0.4, 0.5) is 4.39 Å². The molecule has 0 unspecified atom stereocenters. The number of aromatic nitrogens is 3. The summed E-state index contributed by atoms with van der Waals surface area (Å²) in [6.45, 7) is 1.28. The molecule has 2 aromatic carbocycles. The van der Waals surface area contributed by atoms with Crippen molar-refractivity contribution in [3.63, 3.8) is 0 Å². The first-order chi connectivity index (χ1) is 10.3. The minimum absolute atomic E-state index is 0.218. The highest BCUT2D eigenvalue weighted by Gasteiger charge is 2.02. The van der Waals surface area contributed by atoms with Gasteiger partial charge in [0.15, 0.2) is 0 Å². The van der Waals surface area contributed by atoms with E-state index in [1.807, 2.05) is 30.3 Å². The topological polar surface area (TPSA) is 42.7 Å². The summed E-state index contributed by atoms with van der Waals surface area (Å²) in [5.41, 5.74) is 2.83. The number of rotatable bonds is 5. The molecule has 0 atom stereocenters. The molecule has 21 heavy (non-hydrogen) atoms. The average Bonchev–Trinajstić information content (AvgIpc) is 2.99. The Hall–Kier alpha value is -2.53. The summed E-state index contributed by atoms with van der Waals surface area (Å²) >= 11 is 0. The largest absolute Gasteiger partial charge is 0.307 e. The Balaban J connectivity index is 1.57. The Morgan fingerprint density at radius 2 is 1.71 bits per heavy atom. The molecule has 4 nitrogen and oxygen atoms in total. The van der Waals surface area contributed by atoms with Crippen LogP contribution in [0.3, 0.4) is 0 Å². The fourth-order valence-corrected chi connectivity index (χ4v) is 2.00. The highest BCUT2D eigenvalue weighted by Crippen LogP contribution is 2.05. The molecule has 0 saturated heterocycles. The minimum Gasteiger partial charge on any atom is -0.307 e. The molecule has 0 bridgehead atoms. The van der Waals surface area contributed by atoms with Crippen molar-refractivity contribution in [3.05, 3.63) is 77.9 Å². The molecule has 0 fully saturated rings. The Labute approximate surface area is 122 Å². The zero-order valence-corrected chi connectivity index (χ0v) is 11.4. The van der Waals surface area contributed by atoms with E-state index in [0.29, 0.717) is 13.1 Å². The fourth-order valence-electron chi connectivity index (χ4n) is 2.00. The molecule has 5 heteroatoms. The summed E-state index contributed by atoms with van der Waals surface area (Å²) in [5, 5.41) is 11.9. The summed E-state index contributed by atoms with van der Waals surface area (Å²) < 4.78 is 12.8. The number of para-hydroxylation sites is 1. The van der Waals surface area contributed by atoms with Gasteiger partial charge in [-0.1, -0.05) is 30.3 Å². The van der Waals surface area contributed by atoms with Crippen LogP contribution in [-0.2, 0) is 13.1 Å². The lowest BCUT2D eigenvalue weighted by molar-refractivity contribution is 0.624. The number of hydrogen-bond donors (Lipinski definition) is 1. The second-order valence-electron chi connectivity index (χ2n) is 4.69. The van der Waals surface area contributed by atoms with Gasteiger partial charge in [0.25, 0.3) is 0 Å². The van der Waals surface area contributed by atoms with Gasteiger partial charge in [0, 0.05) is 13.1 Å². The summed E-state index contributed by atoms with van der Waals surface area (Å²) in [6.07, 6.45) is 1.74. The summed E-state index contributed by atoms with van der Waals surface area (Å²) in [5.74, 6) is -0.218. The van der Waals surface area contributed by atoms with Crippen molar-refractivity contribution < 1.29 is 4.39 Å². The van der Waals surface area contributed by atoms with Crippen LogP contribution in [0.5, 0.6) is 0 Å². The van der Waals surface area contributed by atoms with Gasteiger partial charge in [-0.05, 0) is 29.8 Å². The van der Waals surface area contributed by atoms with E-state index in [0.717, 1.165) is 16.9 Å². The van der Waals surface area contributed by atoms with E-state index in [-0.39, 0.29) is 5.82 Å². The van der Waals surface area contributed by atoms with E-state index in [4.69, 9.17) is 0 Å². The Kier molecular flexibility index (Phi) is 4.02. The van der Waals surface area contributed by atoms with Gasteiger partial charge in [-0.25, -0.2) is 4.39 Å². The maximum Gasteiger partial charge on any atom is 0.123 e. The number of benzene rings is 2. The first-order valence-corrected chi connectivity index (χ1v) is 6.73. The van der Waals surface area contributed by atoms with E-state index >= 15 is 0 Å². The molecule has 0 spiro atoms. The zero-order valence-electron chi connectivity index (χ0n) is 11.4. The quantitative estimate of drug-likeness (QED) is 0.782. The third kappa shape index (κ3) is 3.52. The lowest BCUT2D eigenvalue weighted by atomic mass is 10.2. The molecule has 1 heterocycles. The smallest absolute Gasteiger partial charge is 0.123 e.